The van der Waals surface area contributed by atoms with Gasteiger partial charge in [-0.05, 0) is 126 Å². The van der Waals surface area contributed by atoms with Crippen molar-refractivity contribution >= 4 is 0 Å². The zero-order chi connectivity index (χ0) is 34.9. The quantitative estimate of drug-likeness (QED) is 0.164. The molecule has 3 heteroatoms. The Bertz CT molecular complexity index is 1700. The van der Waals surface area contributed by atoms with Crippen LogP contribution in [0.25, 0.3) is 0 Å². The molecular weight excluding hydrogens is 613 g/mol. The molecule has 50 heavy (non-hydrogen) atoms. The molecule has 3 nitrogen and oxygen atoms in total. The minimum atomic E-state index is -0.496. The SMILES string of the molecule is CC(C)(c1ccc(C(C)(c2ccc(O)c(C3CCCCC3)c2)c2ccc(O)c(C3CCCCC3)c2)cc1)c1ccc(O)c(C2CCCCC2)c1. The molecule has 0 amide bonds. The van der Waals surface area contributed by atoms with Gasteiger partial charge in [-0.25, -0.2) is 0 Å². The van der Waals surface area contributed by atoms with Crippen molar-refractivity contribution in [2.24, 2.45) is 0 Å². The summed E-state index contributed by atoms with van der Waals surface area (Å²) in [6.45, 7) is 6.92. The molecule has 4 aromatic carbocycles. The molecule has 3 aliphatic carbocycles. The zero-order valence-corrected chi connectivity index (χ0v) is 30.7. The lowest BCUT2D eigenvalue weighted by Crippen LogP contribution is -2.27. The molecule has 0 radical (unpaired) electrons. The largest absolute Gasteiger partial charge is 0.508 e. The minimum Gasteiger partial charge on any atom is -0.508 e. The van der Waals surface area contributed by atoms with Crippen LogP contribution >= 0.6 is 0 Å². The van der Waals surface area contributed by atoms with Crippen molar-refractivity contribution in [3.8, 4) is 17.2 Å². The Morgan fingerprint density at radius 1 is 0.380 bits per heavy atom. The smallest absolute Gasteiger partial charge is 0.119 e. The molecule has 0 spiro atoms. The number of phenolic OH excluding ortho intramolecular Hbond substituents is 3. The number of rotatable bonds is 8. The van der Waals surface area contributed by atoms with Gasteiger partial charge in [-0.3, -0.25) is 0 Å². The number of phenols is 3. The lowest BCUT2D eigenvalue weighted by molar-refractivity contribution is 0.412. The Hall–Kier alpha value is -3.72. The van der Waals surface area contributed by atoms with Crippen LogP contribution in [-0.4, -0.2) is 15.3 Å². The van der Waals surface area contributed by atoms with Crippen LogP contribution in [0.2, 0.25) is 0 Å². The Kier molecular flexibility index (Phi) is 10.1. The van der Waals surface area contributed by atoms with Crippen LogP contribution in [0.1, 0.15) is 179 Å². The van der Waals surface area contributed by atoms with E-state index in [2.05, 4.69) is 81.4 Å². The molecule has 3 N–H and O–H groups in total. The summed E-state index contributed by atoms with van der Waals surface area (Å²) in [5.74, 6) is 2.47. The van der Waals surface area contributed by atoms with Gasteiger partial charge in [0.2, 0.25) is 0 Å². The first-order valence-electron chi connectivity index (χ1n) is 19.8. The van der Waals surface area contributed by atoms with Crippen LogP contribution in [0.4, 0.5) is 0 Å². The van der Waals surface area contributed by atoms with E-state index in [9.17, 15) is 15.3 Å². The van der Waals surface area contributed by atoms with Gasteiger partial charge in [0.05, 0.1) is 0 Å². The van der Waals surface area contributed by atoms with E-state index < -0.39 is 5.41 Å². The highest BCUT2D eigenvalue weighted by atomic mass is 16.3. The van der Waals surface area contributed by atoms with E-state index in [-0.39, 0.29) is 5.41 Å². The van der Waals surface area contributed by atoms with Crippen LogP contribution in [0, 0.1) is 0 Å². The second kappa shape index (κ2) is 14.5. The minimum absolute atomic E-state index is 0.245. The Balaban J connectivity index is 1.30. The van der Waals surface area contributed by atoms with E-state index in [0.29, 0.717) is 35.0 Å². The van der Waals surface area contributed by atoms with Gasteiger partial charge in [-0.15, -0.1) is 0 Å². The molecule has 3 fully saturated rings. The molecule has 4 aromatic rings. The lowest BCUT2D eigenvalue weighted by Gasteiger charge is -2.35. The average Bonchev–Trinajstić information content (AvgIpc) is 3.16. The van der Waals surface area contributed by atoms with E-state index in [1.54, 1.807) is 0 Å². The highest BCUT2D eigenvalue weighted by Gasteiger charge is 2.35. The van der Waals surface area contributed by atoms with Crippen molar-refractivity contribution in [2.45, 2.75) is 146 Å². The molecule has 0 bridgehead atoms. The Labute approximate surface area is 300 Å². The fourth-order valence-electron chi connectivity index (χ4n) is 9.78. The number of hydrogen-bond acceptors (Lipinski definition) is 3. The summed E-state index contributed by atoms with van der Waals surface area (Å²) >= 11 is 0. The van der Waals surface area contributed by atoms with Gasteiger partial charge >= 0.3 is 0 Å². The van der Waals surface area contributed by atoms with Gasteiger partial charge in [0.1, 0.15) is 17.2 Å². The van der Waals surface area contributed by atoms with E-state index in [1.165, 1.54) is 85.6 Å². The van der Waals surface area contributed by atoms with Crippen LogP contribution < -0.4 is 0 Å². The highest BCUT2D eigenvalue weighted by Crippen LogP contribution is 2.47. The molecule has 0 heterocycles. The average molecular weight is 671 g/mol. The van der Waals surface area contributed by atoms with Gasteiger partial charge in [0.25, 0.3) is 0 Å². The number of aromatic hydroxyl groups is 3. The van der Waals surface area contributed by atoms with Gasteiger partial charge in [-0.2, -0.15) is 0 Å². The van der Waals surface area contributed by atoms with Crippen LogP contribution in [-0.2, 0) is 10.8 Å². The lowest BCUT2D eigenvalue weighted by atomic mass is 9.68. The van der Waals surface area contributed by atoms with Crippen LogP contribution in [0.5, 0.6) is 17.2 Å². The maximum Gasteiger partial charge on any atom is 0.119 e. The molecule has 0 atom stereocenters. The summed E-state index contributed by atoms with van der Waals surface area (Å²) in [7, 11) is 0. The van der Waals surface area contributed by atoms with Gasteiger partial charge in [0, 0.05) is 10.8 Å². The predicted octanol–water partition coefficient (Wildman–Crippen LogP) is 12.6. The molecule has 0 saturated heterocycles. The van der Waals surface area contributed by atoms with E-state index in [1.807, 2.05) is 18.2 Å². The summed E-state index contributed by atoms with van der Waals surface area (Å²) in [4.78, 5) is 0. The number of benzene rings is 4. The zero-order valence-electron chi connectivity index (χ0n) is 30.7. The fraction of sp³-hybridized carbons (Fsp3) is 0.489. The summed E-state index contributed by atoms with van der Waals surface area (Å²) in [5, 5.41) is 33.2. The molecule has 0 unspecified atom stereocenters. The molecule has 0 aliphatic heterocycles. The first-order chi connectivity index (χ1) is 24.2. The van der Waals surface area contributed by atoms with Gasteiger partial charge in [0.15, 0.2) is 0 Å². The molecule has 3 saturated carbocycles. The first kappa shape index (κ1) is 34.7. The second-order valence-electron chi connectivity index (χ2n) is 16.7. The van der Waals surface area contributed by atoms with Crippen molar-refractivity contribution in [3.63, 3.8) is 0 Å². The Morgan fingerprint density at radius 3 is 1.06 bits per heavy atom. The van der Waals surface area contributed by atoms with Crippen molar-refractivity contribution in [1.82, 2.24) is 0 Å². The predicted molar refractivity (Wildman–Crippen MR) is 206 cm³/mol. The third-order valence-corrected chi connectivity index (χ3v) is 13.3. The van der Waals surface area contributed by atoms with Crippen molar-refractivity contribution in [3.05, 3.63) is 123 Å². The molecule has 264 valence electrons. The number of hydrogen-bond donors (Lipinski definition) is 3. The van der Waals surface area contributed by atoms with Gasteiger partial charge < -0.3 is 15.3 Å². The third-order valence-electron chi connectivity index (χ3n) is 13.3. The van der Waals surface area contributed by atoms with Crippen molar-refractivity contribution in [1.29, 1.82) is 0 Å². The third kappa shape index (κ3) is 6.70. The van der Waals surface area contributed by atoms with E-state index >= 15 is 0 Å². The fourth-order valence-corrected chi connectivity index (χ4v) is 9.78. The van der Waals surface area contributed by atoms with Crippen LogP contribution in [0.15, 0.2) is 78.9 Å². The maximum atomic E-state index is 11.1. The topological polar surface area (TPSA) is 60.7 Å². The summed E-state index contributed by atoms with van der Waals surface area (Å²) < 4.78 is 0. The second-order valence-corrected chi connectivity index (χ2v) is 16.7. The van der Waals surface area contributed by atoms with Crippen LogP contribution in [0.3, 0.4) is 0 Å². The highest BCUT2D eigenvalue weighted by molar-refractivity contribution is 5.56. The molecule has 7 rings (SSSR count). The summed E-state index contributed by atoms with van der Waals surface area (Å²) in [6, 6.07) is 28.2. The normalized spacial score (nSPS) is 18.7. The van der Waals surface area contributed by atoms with Crippen molar-refractivity contribution in [2.75, 3.05) is 0 Å². The molecule has 3 aliphatic rings. The van der Waals surface area contributed by atoms with Gasteiger partial charge in [-0.1, -0.05) is 132 Å². The summed E-state index contributed by atoms with van der Waals surface area (Å²) in [6.07, 6.45) is 18.0. The summed E-state index contributed by atoms with van der Waals surface area (Å²) in [5.41, 5.74) is 8.57. The monoisotopic (exact) mass is 670 g/mol. The standard InChI is InChI=1S/C47H58O3/c1-46(2,37-23-26-43(48)40(29-37)32-13-7-4-8-14-32)35-19-21-36(22-20-35)47(3,38-24-27-44(49)41(30-38)33-15-9-5-10-16-33)39-25-28-45(50)42(31-39)34-17-11-6-12-18-34/h19-34,48-50H,4-18H2,1-3H3. The molecular formula is C47H58O3. The van der Waals surface area contributed by atoms with E-state index in [4.69, 9.17) is 0 Å². The maximum absolute atomic E-state index is 11.1. The van der Waals surface area contributed by atoms with E-state index in [0.717, 1.165) is 55.2 Å². The Morgan fingerprint density at radius 2 is 0.680 bits per heavy atom. The molecule has 0 aromatic heterocycles. The van der Waals surface area contributed by atoms with Crippen molar-refractivity contribution < 1.29 is 15.3 Å². The first-order valence-corrected chi connectivity index (χ1v) is 19.8.